The van der Waals surface area contributed by atoms with Crippen molar-refractivity contribution in [2.45, 2.75) is 0 Å². The molecule has 0 atom stereocenters. The molecule has 6 heavy (non-hydrogen) atoms. The Labute approximate surface area is 63.4 Å². The molecule has 0 bridgehead atoms. The van der Waals surface area contributed by atoms with Gasteiger partial charge < -0.3 is 0 Å². The number of alkyl halides is 2. The zero-order valence-electron chi connectivity index (χ0n) is 3.05. The van der Waals surface area contributed by atoms with E-state index in [-0.39, 0.29) is 0 Å². The molecule has 0 radical (unpaired) electrons. The molecule has 0 aliphatic heterocycles. The zero-order chi connectivity index (χ0) is 5.41. The average molecular weight is 182 g/mol. The fourth-order valence-electron chi connectivity index (χ4n) is 0. The Kier molecular flexibility index (Phi) is 28.1. The SMILES string of the molecule is ClCCCl.[Cl][Ti]. The van der Waals surface area contributed by atoms with Gasteiger partial charge in [0.25, 0.3) is 0 Å². The maximum absolute atomic E-state index is 5.05. The van der Waals surface area contributed by atoms with Crippen LogP contribution in [-0.2, 0) is 19.4 Å². The standard InChI is InChI=1S/C2H4Cl2.ClH.Ti/c3-1-2-4;;/h1-2H2;1H;/q;;+1/p-1. The van der Waals surface area contributed by atoms with Crippen molar-refractivity contribution in [1.82, 2.24) is 0 Å². The summed E-state index contributed by atoms with van der Waals surface area (Å²) in [6, 6.07) is 0. The summed E-state index contributed by atoms with van der Waals surface area (Å²) in [4.78, 5) is 0. The number of halogens is 3. The molecular weight excluding hydrogens is 178 g/mol. The molecule has 0 aromatic carbocycles. The minimum absolute atomic E-state index is 0.557. The van der Waals surface area contributed by atoms with Gasteiger partial charge in [0.2, 0.25) is 0 Å². The van der Waals surface area contributed by atoms with Gasteiger partial charge in [0, 0.05) is 11.8 Å². The van der Waals surface area contributed by atoms with Crippen LogP contribution in [0.5, 0.6) is 0 Å². The normalized spacial score (nSPS) is 5.67. The van der Waals surface area contributed by atoms with E-state index in [2.05, 4.69) is 9.30 Å². The van der Waals surface area contributed by atoms with E-state index >= 15 is 0 Å². The average Bonchev–Trinajstić information content (AvgIpc) is 1.72. The summed E-state index contributed by atoms with van der Waals surface area (Å²) in [5.41, 5.74) is 0. The Morgan fingerprint density at radius 2 is 1.17 bits per heavy atom. The Hall–Kier alpha value is 1.58. The molecule has 0 aromatic rings. The van der Waals surface area contributed by atoms with Crippen LogP contribution in [0, 0.1) is 0 Å². The predicted octanol–water partition coefficient (Wildman–Crippen LogP) is 2.15. The van der Waals surface area contributed by atoms with Crippen LogP contribution < -0.4 is 0 Å². The summed E-state index contributed by atoms with van der Waals surface area (Å²) >= 11 is 11.6. The molecule has 0 aromatic heterocycles. The van der Waals surface area contributed by atoms with Gasteiger partial charge in [-0.1, -0.05) is 0 Å². The molecule has 0 saturated heterocycles. The van der Waals surface area contributed by atoms with Gasteiger partial charge in [-0.25, -0.2) is 0 Å². The maximum atomic E-state index is 5.05. The monoisotopic (exact) mass is 181 g/mol. The summed E-state index contributed by atoms with van der Waals surface area (Å²) in [5.74, 6) is 1.11. The van der Waals surface area contributed by atoms with Gasteiger partial charge in [-0.15, -0.1) is 23.2 Å². The van der Waals surface area contributed by atoms with Crippen LogP contribution in [0.15, 0.2) is 0 Å². The summed E-state index contributed by atoms with van der Waals surface area (Å²) in [5, 5.41) is 0. The Morgan fingerprint density at radius 3 is 1.17 bits per heavy atom. The van der Waals surface area contributed by atoms with E-state index in [0.29, 0.717) is 11.8 Å². The van der Waals surface area contributed by atoms with E-state index in [4.69, 9.17) is 23.2 Å². The summed E-state index contributed by atoms with van der Waals surface area (Å²) in [6.45, 7) is 0. The summed E-state index contributed by atoms with van der Waals surface area (Å²) < 4.78 is 0. The molecule has 0 nitrogen and oxygen atoms in total. The van der Waals surface area contributed by atoms with Gasteiger partial charge in [0.1, 0.15) is 0 Å². The quantitative estimate of drug-likeness (QED) is 0.430. The van der Waals surface area contributed by atoms with E-state index in [1.165, 1.54) is 19.4 Å². The van der Waals surface area contributed by atoms with Gasteiger partial charge in [0.15, 0.2) is 0 Å². The molecule has 0 saturated carbocycles. The van der Waals surface area contributed by atoms with Crippen molar-refractivity contribution in [3.63, 3.8) is 0 Å². The van der Waals surface area contributed by atoms with Crippen molar-refractivity contribution in [3.05, 3.63) is 0 Å². The van der Waals surface area contributed by atoms with Crippen LogP contribution in [0.3, 0.4) is 0 Å². The van der Waals surface area contributed by atoms with Crippen LogP contribution in [0.1, 0.15) is 0 Å². The van der Waals surface area contributed by atoms with Crippen molar-refractivity contribution in [3.8, 4) is 0 Å². The molecule has 0 unspecified atom stereocenters. The Morgan fingerprint density at radius 1 is 1.00 bits per heavy atom. The third-order valence-corrected chi connectivity index (χ3v) is 0.643. The first-order chi connectivity index (χ1) is 2.91. The molecule has 0 rings (SSSR count). The van der Waals surface area contributed by atoms with E-state index in [9.17, 15) is 0 Å². The van der Waals surface area contributed by atoms with Crippen molar-refractivity contribution in [2.75, 3.05) is 11.8 Å². The van der Waals surface area contributed by atoms with Crippen LogP contribution in [-0.4, -0.2) is 11.8 Å². The number of hydrogen-bond acceptors (Lipinski definition) is 0. The molecule has 0 N–H and O–H groups in total. The summed E-state index contributed by atoms with van der Waals surface area (Å²) in [7, 11) is 4.64. The second kappa shape index (κ2) is 16.0. The molecule has 0 aliphatic rings. The fourth-order valence-corrected chi connectivity index (χ4v) is 0. The molecule has 4 heteroatoms. The topological polar surface area (TPSA) is 0 Å². The molecule has 0 aliphatic carbocycles. The molecule has 37 valence electrons. The van der Waals surface area contributed by atoms with E-state index in [0.717, 1.165) is 0 Å². The fraction of sp³-hybridized carbons (Fsp3) is 1.00. The van der Waals surface area contributed by atoms with Gasteiger partial charge in [-0.05, 0) is 0 Å². The minimum atomic E-state index is 0.557. The van der Waals surface area contributed by atoms with Crippen LogP contribution in [0.25, 0.3) is 0 Å². The third kappa shape index (κ3) is 17.6. The van der Waals surface area contributed by atoms with Crippen molar-refractivity contribution >= 4 is 32.5 Å². The Bertz CT molecular complexity index is 10.8. The van der Waals surface area contributed by atoms with Gasteiger partial charge in [0.05, 0.1) is 0 Å². The Balaban J connectivity index is 0. The van der Waals surface area contributed by atoms with E-state index in [1.54, 1.807) is 0 Å². The molecule has 0 spiro atoms. The number of hydrogen-bond donors (Lipinski definition) is 0. The second-order valence-electron chi connectivity index (χ2n) is 0.378. The van der Waals surface area contributed by atoms with Crippen molar-refractivity contribution in [1.29, 1.82) is 0 Å². The second-order valence-corrected chi connectivity index (χ2v) is 1.13. The van der Waals surface area contributed by atoms with Crippen LogP contribution >= 0.6 is 32.5 Å². The predicted molar refractivity (Wildman–Crippen MR) is 27.3 cm³/mol. The summed E-state index contributed by atoms with van der Waals surface area (Å²) in [6.07, 6.45) is 0. The van der Waals surface area contributed by atoms with Crippen LogP contribution in [0.2, 0.25) is 0 Å². The first-order valence-electron chi connectivity index (χ1n) is 1.22. The molecular formula is C2H4Cl3Ti. The van der Waals surface area contributed by atoms with Crippen molar-refractivity contribution < 1.29 is 19.4 Å². The first-order valence-corrected chi connectivity index (χ1v) is 4.44. The first kappa shape index (κ1) is 10.5. The van der Waals surface area contributed by atoms with E-state index < -0.39 is 0 Å². The van der Waals surface area contributed by atoms with Gasteiger partial charge >= 0.3 is 28.7 Å². The molecule has 0 heterocycles. The number of rotatable bonds is 1. The zero-order valence-corrected chi connectivity index (χ0v) is 6.88. The van der Waals surface area contributed by atoms with Crippen LogP contribution in [0.4, 0.5) is 0 Å². The van der Waals surface area contributed by atoms with Gasteiger partial charge in [-0.3, -0.25) is 0 Å². The third-order valence-electron chi connectivity index (χ3n) is 0.0714. The van der Waals surface area contributed by atoms with Crippen molar-refractivity contribution in [2.24, 2.45) is 0 Å². The molecule has 0 amide bonds. The molecule has 0 fully saturated rings. The van der Waals surface area contributed by atoms with Gasteiger partial charge in [-0.2, -0.15) is 0 Å². The van der Waals surface area contributed by atoms with E-state index in [1.807, 2.05) is 0 Å².